The number of carbonyl (C=O) groups is 1. The summed E-state index contributed by atoms with van der Waals surface area (Å²) in [4.78, 5) is 19.1. The summed E-state index contributed by atoms with van der Waals surface area (Å²) in [5.74, 6) is 1.28. The number of amides is 1. The number of rotatable bonds is 5. The molecule has 2 aromatic carbocycles. The van der Waals surface area contributed by atoms with Gasteiger partial charge in [-0.1, -0.05) is 24.3 Å². The summed E-state index contributed by atoms with van der Waals surface area (Å²) in [6.07, 6.45) is 0.835. The fraction of sp³-hybridized carbons (Fsp3) is 0.364. The van der Waals surface area contributed by atoms with Gasteiger partial charge in [0.1, 0.15) is 10.6 Å². The Morgan fingerprint density at radius 3 is 2.86 bits per heavy atom. The Morgan fingerprint density at radius 1 is 1.29 bits per heavy atom. The Balaban J connectivity index is 1.44. The molecule has 5 nitrogen and oxygen atoms in total. The van der Waals surface area contributed by atoms with Crippen LogP contribution in [0.25, 0.3) is 10.2 Å². The highest BCUT2D eigenvalue weighted by molar-refractivity contribution is 7.18. The number of aromatic nitrogens is 1. The molecule has 28 heavy (non-hydrogen) atoms. The molecule has 1 amide bonds. The van der Waals surface area contributed by atoms with Crippen molar-refractivity contribution in [2.24, 2.45) is 0 Å². The van der Waals surface area contributed by atoms with E-state index in [-0.39, 0.29) is 24.2 Å². The van der Waals surface area contributed by atoms with Crippen molar-refractivity contribution >= 4 is 27.5 Å². The van der Waals surface area contributed by atoms with Crippen molar-refractivity contribution < 1.29 is 14.3 Å². The topological polar surface area (TPSA) is 51.7 Å². The average molecular weight is 397 g/mol. The molecule has 0 unspecified atom stereocenters. The van der Waals surface area contributed by atoms with Crippen LogP contribution in [0.15, 0.2) is 42.5 Å². The summed E-state index contributed by atoms with van der Waals surface area (Å²) in [6, 6.07) is 13.7. The Bertz CT molecular complexity index is 995. The van der Waals surface area contributed by atoms with E-state index in [9.17, 15) is 4.79 Å². The van der Waals surface area contributed by atoms with E-state index in [2.05, 4.69) is 18.8 Å². The van der Waals surface area contributed by atoms with Gasteiger partial charge in [-0.15, -0.1) is 11.3 Å². The molecule has 0 fully saturated rings. The number of ether oxygens (including phenoxy) is 2. The number of likely N-dealkylation sites (N-methyl/N-ethyl adjacent to an activating group) is 1. The van der Waals surface area contributed by atoms with Gasteiger partial charge < -0.3 is 14.4 Å². The predicted molar refractivity (Wildman–Crippen MR) is 111 cm³/mol. The molecule has 1 atom stereocenters. The molecule has 0 N–H and O–H groups in total. The van der Waals surface area contributed by atoms with Crippen LogP contribution >= 0.6 is 11.3 Å². The minimum absolute atomic E-state index is 0.0357. The smallest absolute Gasteiger partial charge is 0.260 e. The first kappa shape index (κ1) is 18.7. The van der Waals surface area contributed by atoms with Gasteiger partial charge in [-0.3, -0.25) is 4.79 Å². The molecular weight excluding hydrogens is 372 g/mol. The Morgan fingerprint density at radius 2 is 2.07 bits per heavy atom. The lowest BCUT2D eigenvalue weighted by Crippen LogP contribution is -2.33. The number of carbonyl (C=O) groups excluding carboxylic acids is 1. The fourth-order valence-electron chi connectivity index (χ4n) is 3.39. The minimum atomic E-state index is -0.246. The molecule has 4 rings (SSSR count). The van der Waals surface area contributed by atoms with Crippen molar-refractivity contribution in [2.45, 2.75) is 38.8 Å². The third-order valence-electron chi connectivity index (χ3n) is 5.05. The van der Waals surface area contributed by atoms with Crippen molar-refractivity contribution in [2.75, 3.05) is 13.7 Å². The second-order valence-electron chi connectivity index (χ2n) is 7.77. The summed E-state index contributed by atoms with van der Waals surface area (Å²) in [7, 11) is 1.79. The van der Waals surface area contributed by atoms with Crippen LogP contribution in [0.5, 0.6) is 11.5 Å². The average Bonchev–Trinajstić information content (AvgIpc) is 3.24. The third-order valence-corrected chi connectivity index (χ3v) is 6.25. The largest absolute Gasteiger partial charge is 0.483 e. The summed E-state index contributed by atoms with van der Waals surface area (Å²) in [6.45, 7) is 6.05. The van der Waals surface area contributed by atoms with Crippen molar-refractivity contribution in [1.29, 1.82) is 0 Å². The molecule has 0 saturated carbocycles. The van der Waals surface area contributed by atoms with Crippen molar-refractivity contribution in [3.8, 4) is 11.5 Å². The molecule has 0 saturated heterocycles. The molecule has 0 aliphatic carbocycles. The van der Waals surface area contributed by atoms with E-state index in [1.54, 1.807) is 23.3 Å². The van der Waals surface area contributed by atoms with Gasteiger partial charge in [0, 0.05) is 19.0 Å². The van der Waals surface area contributed by atoms with Crippen molar-refractivity contribution in [1.82, 2.24) is 9.88 Å². The second-order valence-corrected chi connectivity index (χ2v) is 8.83. The highest BCUT2D eigenvalue weighted by Gasteiger charge is 2.32. The first-order valence-electron chi connectivity index (χ1n) is 9.39. The van der Waals surface area contributed by atoms with Gasteiger partial charge >= 0.3 is 0 Å². The quantitative estimate of drug-likeness (QED) is 0.632. The molecule has 0 bridgehead atoms. The van der Waals surface area contributed by atoms with Gasteiger partial charge in [-0.25, -0.2) is 4.98 Å². The van der Waals surface area contributed by atoms with Crippen LogP contribution < -0.4 is 9.47 Å². The molecule has 1 aliphatic rings. The molecule has 6 heteroatoms. The number of para-hydroxylation sites is 2. The minimum Gasteiger partial charge on any atom is -0.483 e. The Labute approximate surface area is 168 Å². The number of hydrogen-bond acceptors (Lipinski definition) is 5. The summed E-state index contributed by atoms with van der Waals surface area (Å²) < 4.78 is 13.0. The molecule has 3 aromatic rings. The van der Waals surface area contributed by atoms with E-state index in [0.717, 1.165) is 33.0 Å². The molecule has 146 valence electrons. The van der Waals surface area contributed by atoms with Crippen LogP contribution in [0.2, 0.25) is 0 Å². The van der Waals surface area contributed by atoms with Gasteiger partial charge in [0.25, 0.3) is 5.91 Å². The van der Waals surface area contributed by atoms with Crippen LogP contribution in [0, 0.1) is 0 Å². The first-order valence-corrected chi connectivity index (χ1v) is 10.2. The monoisotopic (exact) mass is 396 g/mol. The lowest BCUT2D eigenvalue weighted by atomic mass is 10.0. The van der Waals surface area contributed by atoms with Crippen LogP contribution in [0.1, 0.15) is 37.4 Å². The molecule has 0 radical (unpaired) electrons. The van der Waals surface area contributed by atoms with Crippen LogP contribution in [0.4, 0.5) is 0 Å². The van der Waals surface area contributed by atoms with Crippen molar-refractivity contribution in [3.05, 3.63) is 53.0 Å². The maximum Gasteiger partial charge on any atom is 0.260 e. The number of fused-ring (bicyclic) bond motifs is 2. The highest BCUT2D eigenvalue weighted by Crippen LogP contribution is 2.41. The third kappa shape index (κ3) is 3.56. The Kier molecular flexibility index (Phi) is 4.75. The van der Waals surface area contributed by atoms with E-state index in [0.29, 0.717) is 5.75 Å². The molecular formula is C22H24N2O3S. The SMILES string of the molecule is C[C@@H](c1nc2ccccc2s1)N(C)C(=O)COc1cccc2c1OC(C)(C)C2. The molecule has 2 heterocycles. The zero-order valence-electron chi connectivity index (χ0n) is 16.6. The lowest BCUT2D eigenvalue weighted by molar-refractivity contribution is -0.134. The van der Waals surface area contributed by atoms with Gasteiger partial charge in [-0.05, 0) is 39.0 Å². The van der Waals surface area contributed by atoms with Gasteiger partial charge in [0.2, 0.25) is 0 Å². The van der Waals surface area contributed by atoms with E-state index in [1.807, 2.05) is 49.4 Å². The van der Waals surface area contributed by atoms with Crippen LogP contribution in [0.3, 0.4) is 0 Å². The van der Waals surface area contributed by atoms with Gasteiger partial charge in [0.15, 0.2) is 18.1 Å². The number of benzene rings is 2. The van der Waals surface area contributed by atoms with Crippen LogP contribution in [-0.4, -0.2) is 35.0 Å². The van der Waals surface area contributed by atoms with Gasteiger partial charge in [0.05, 0.1) is 16.3 Å². The summed E-state index contributed by atoms with van der Waals surface area (Å²) in [5, 5.41) is 0.919. The predicted octanol–water partition coefficient (Wildman–Crippen LogP) is 4.61. The zero-order chi connectivity index (χ0) is 19.9. The molecule has 1 aromatic heterocycles. The fourth-order valence-corrected chi connectivity index (χ4v) is 4.46. The maximum atomic E-state index is 12.7. The summed E-state index contributed by atoms with van der Waals surface area (Å²) >= 11 is 1.62. The molecule has 1 aliphatic heterocycles. The zero-order valence-corrected chi connectivity index (χ0v) is 17.4. The second kappa shape index (κ2) is 7.09. The lowest BCUT2D eigenvalue weighted by Gasteiger charge is -2.23. The molecule has 0 spiro atoms. The number of thiazole rings is 1. The van der Waals surface area contributed by atoms with E-state index in [4.69, 9.17) is 9.47 Å². The maximum absolute atomic E-state index is 12.7. The van der Waals surface area contributed by atoms with E-state index < -0.39 is 0 Å². The number of hydrogen-bond donors (Lipinski definition) is 0. The van der Waals surface area contributed by atoms with E-state index in [1.165, 1.54) is 0 Å². The highest BCUT2D eigenvalue weighted by atomic mass is 32.1. The van der Waals surface area contributed by atoms with Crippen LogP contribution in [-0.2, 0) is 11.2 Å². The standard InChI is InChI=1S/C22H24N2O3S/c1-14(21-23-16-9-5-6-11-18(16)28-21)24(4)19(25)13-26-17-10-7-8-15-12-22(2,3)27-20(15)17/h5-11,14H,12-13H2,1-4H3/t14-/m0/s1. The van der Waals surface area contributed by atoms with Gasteiger partial charge in [-0.2, -0.15) is 0 Å². The normalized spacial score (nSPS) is 15.7. The summed E-state index contributed by atoms with van der Waals surface area (Å²) in [5.41, 5.74) is 1.83. The van der Waals surface area contributed by atoms with Crippen molar-refractivity contribution in [3.63, 3.8) is 0 Å². The number of nitrogens with zero attached hydrogens (tertiary/aromatic N) is 2. The first-order chi connectivity index (χ1) is 13.3. The van der Waals surface area contributed by atoms with E-state index >= 15 is 0 Å². The Hall–Kier alpha value is -2.60.